The van der Waals surface area contributed by atoms with Gasteiger partial charge in [0.05, 0.1) is 23.3 Å². The van der Waals surface area contributed by atoms with Gasteiger partial charge in [-0.25, -0.2) is 12.8 Å². The van der Waals surface area contributed by atoms with Crippen LogP contribution in [0.4, 0.5) is 10.1 Å². The number of benzene rings is 3. The predicted octanol–water partition coefficient (Wildman–Crippen LogP) is 5.87. The third-order valence-corrected chi connectivity index (χ3v) is 6.85. The molecule has 4 rings (SSSR count). The molecule has 0 atom stereocenters. The van der Waals surface area contributed by atoms with Crippen molar-refractivity contribution in [3.63, 3.8) is 0 Å². The average Bonchev–Trinajstić information content (AvgIpc) is 3.27. The lowest BCUT2D eigenvalue weighted by Crippen LogP contribution is -2.30. The summed E-state index contributed by atoms with van der Waals surface area (Å²) in [6.07, 6.45) is 1.52. The highest BCUT2D eigenvalue weighted by molar-refractivity contribution is 7.89. The number of halogens is 1. The van der Waals surface area contributed by atoms with Gasteiger partial charge in [0, 0.05) is 6.54 Å². The molecule has 0 aliphatic heterocycles. The first-order chi connectivity index (χ1) is 15.9. The van der Waals surface area contributed by atoms with E-state index in [4.69, 9.17) is 4.42 Å². The van der Waals surface area contributed by atoms with Crippen molar-refractivity contribution in [3.8, 4) is 0 Å². The van der Waals surface area contributed by atoms with Crippen molar-refractivity contribution in [1.29, 1.82) is 0 Å². The zero-order chi connectivity index (χ0) is 23.3. The van der Waals surface area contributed by atoms with E-state index in [-0.39, 0.29) is 23.8 Å². The number of nitrogens with zero attached hydrogens (tertiary/aromatic N) is 2. The second-order valence-electron chi connectivity index (χ2n) is 7.61. The molecule has 0 amide bonds. The number of aryl methyl sites for hydroxylation is 1. The van der Waals surface area contributed by atoms with Crippen LogP contribution < -0.4 is 0 Å². The summed E-state index contributed by atoms with van der Waals surface area (Å²) < 4.78 is 47.1. The molecule has 168 valence electrons. The van der Waals surface area contributed by atoms with Gasteiger partial charge in [0.1, 0.15) is 17.3 Å². The van der Waals surface area contributed by atoms with Crippen LogP contribution in [0.3, 0.4) is 0 Å². The van der Waals surface area contributed by atoms with Crippen molar-refractivity contribution >= 4 is 21.9 Å². The van der Waals surface area contributed by atoms with Crippen LogP contribution in [0.1, 0.15) is 22.6 Å². The molecule has 0 aliphatic carbocycles. The maximum Gasteiger partial charge on any atom is 0.243 e. The Hall–Kier alpha value is -3.55. The Morgan fingerprint density at radius 2 is 1.58 bits per heavy atom. The third-order valence-electron chi connectivity index (χ3n) is 5.04. The average molecular weight is 463 g/mol. The lowest BCUT2D eigenvalue weighted by Gasteiger charge is -2.21. The molecule has 33 heavy (non-hydrogen) atoms. The molecular formula is C26H23FN2O3S. The van der Waals surface area contributed by atoms with Gasteiger partial charge in [-0.3, -0.25) is 4.99 Å². The van der Waals surface area contributed by atoms with E-state index in [1.807, 2.05) is 37.3 Å². The van der Waals surface area contributed by atoms with Crippen LogP contribution in [0.15, 0.2) is 105 Å². The minimum Gasteiger partial charge on any atom is -0.459 e. The highest BCUT2D eigenvalue weighted by Gasteiger charge is 2.26. The van der Waals surface area contributed by atoms with Gasteiger partial charge in [-0.2, -0.15) is 4.31 Å². The number of aliphatic imine (C=N–C) groups is 1. The van der Waals surface area contributed by atoms with Crippen LogP contribution in [0, 0.1) is 12.7 Å². The first-order valence-corrected chi connectivity index (χ1v) is 11.8. The quantitative estimate of drug-likeness (QED) is 0.308. The Bertz CT molecular complexity index is 1330. The van der Waals surface area contributed by atoms with Crippen LogP contribution in [-0.2, 0) is 23.1 Å². The summed E-state index contributed by atoms with van der Waals surface area (Å²) in [6.45, 7) is 2.18. The van der Waals surface area contributed by atoms with E-state index in [0.29, 0.717) is 17.2 Å². The highest BCUT2D eigenvalue weighted by Crippen LogP contribution is 2.22. The van der Waals surface area contributed by atoms with Crippen molar-refractivity contribution in [1.82, 2.24) is 4.31 Å². The number of hydrogen-bond acceptors (Lipinski definition) is 4. The second-order valence-corrected chi connectivity index (χ2v) is 9.55. The Morgan fingerprint density at radius 3 is 2.27 bits per heavy atom. The van der Waals surface area contributed by atoms with Gasteiger partial charge >= 0.3 is 0 Å². The van der Waals surface area contributed by atoms with Gasteiger partial charge in [0.25, 0.3) is 0 Å². The molecule has 0 saturated heterocycles. The van der Waals surface area contributed by atoms with Crippen LogP contribution in [0.25, 0.3) is 0 Å². The highest BCUT2D eigenvalue weighted by atomic mass is 32.2. The molecule has 5 nitrogen and oxygen atoms in total. The Morgan fingerprint density at radius 1 is 0.879 bits per heavy atom. The fourth-order valence-corrected chi connectivity index (χ4v) is 4.65. The summed E-state index contributed by atoms with van der Waals surface area (Å²) in [5, 5.41) is 0. The first-order valence-electron chi connectivity index (χ1n) is 10.4. The van der Waals surface area contributed by atoms with Crippen LogP contribution in [-0.4, -0.2) is 18.9 Å². The van der Waals surface area contributed by atoms with Gasteiger partial charge in [-0.05, 0) is 61.0 Å². The fraction of sp³-hybridized carbons (Fsp3) is 0.115. The molecule has 0 radical (unpaired) electrons. The number of rotatable bonds is 8. The Balaban J connectivity index is 1.57. The van der Waals surface area contributed by atoms with Gasteiger partial charge < -0.3 is 4.42 Å². The van der Waals surface area contributed by atoms with Crippen LogP contribution in [0.5, 0.6) is 0 Å². The topological polar surface area (TPSA) is 62.9 Å². The lowest BCUT2D eigenvalue weighted by molar-refractivity contribution is 0.357. The maximum atomic E-state index is 13.4. The molecule has 0 spiro atoms. The third kappa shape index (κ3) is 5.83. The smallest absolute Gasteiger partial charge is 0.243 e. The Labute approximate surface area is 192 Å². The minimum absolute atomic E-state index is 0.0650. The van der Waals surface area contributed by atoms with Crippen LogP contribution in [0.2, 0.25) is 0 Å². The summed E-state index contributed by atoms with van der Waals surface area (Å²) in [5.74, 6) is 0.631. The van der Waals surface area contributed by atoms with Crippen molar-refractivity contribution in [2.75, 3.05) is 0 Å². The van der Waals surface area contributed by atoms with Crippen LogP contribution >= 0.6 is 0 Å². The molecule has 7 heteroatoms. The maximum absolute atomic E-state index is 13.4. The van der Waals surface area contributed by atoms with Crippen molar-refractivity contribution in [2.45, 2.75) is 24.9 Å². The lowest BCUT2D eigenvalue weighted by atomic mass is 10.2. The minimum atomic E-state index is -3.76. The number of hydrogen-bond donors (Lipinski definition) is 0. The summed E-state index contributed by atoms with van der Waals surface area (Å²) in [4.78, 5) is 4.50. The van der Waals surface area contributed by atoms with Gasteiger partial charge in [-0.1, -0.05) is 48.0 Å². The zero-order valence-corrected chi connectivity index (χ0v) is 18.9. The van der Waals surface area contributed by atoms with Crippen molar-refractivity contribution in [3.05, 3.63) is 119 Å². The van der Waals surface area contributed by atoms with E-state index in [1.54, 1.807) is 48.5 Å². The largest absolute Gasteiger partial charge is 0.459 e. The van der Waals surface area contributed by atoms with E-state index in [9.17, 15) is 12.8 Å². The van der Waals surface area contributed by atoms with E-state index < -0.39 is 10.0 Å². The summed E-state index contributed by atoms with van der Waals surface area (Å²) in [7, 11) is -3.76. The molecule has 0 N–H and O–H groups in total. The standard InChI is InChI=1S/C26H23FN2O3S/c1-20-7-15-26(16-8-20)33(30,31)29(18-21-5-3-2-4-6-21)19-25-14-13-24(32-25)17-28-23-11-9-22(27)10-12-23/h2-17H,18-19H2,1H3. The first kappa shape index (κ1) is 22.6. The molecular weight excluding hydrogens is 439 g/mol. The Kier molecular flexibility index (Phi) is 6.82. The summed E-state index contributed by atoms with van der Waals surface area (Å²) in [5.41, 5.74) is 2.44. The van der Waals surface area contributed by atoms with Gasteiger partial charge in [0.2, 0.25) is 10.0 Å². The van der Waals surface area contributed by atoms with E-state index in [1.165, 1.54) is 22.7 Å². The fourth-order valence-electron chi connectivity index (χ4n) is 3.26. The molecule has 3 aromatic carbocycles. The molecule has 1 aromatic heterocycles. The molecule has 0 fully saturated rings. The van der Waals surface area contributed by atoms with Gasteiger partial charge in [-0.15, -0.1) is 0 Å². The van der Waals surface area contributed by atoms with Crippen molar-refractivity contribution < 1.29 is 17.2 Å². The molecule has 0 unspecified atom stereocenters. The normalized spacial score (nSPS) is 12.0. The van der Waals surface area contributed by atoms with E-state index >= 15 is 0 Å². The SMILES string of the molecule is Cc1ccc(S(=O)(=O)N(Cc2ccccc2)Cc2ccc(C=Nc3ccc(F)cc3)o2)cc1. The molecule has 4 aromatic rings. The second kappa shape index (κ2) is 9.94. The zero-order valence-electron chi connectivity index (χ0n) is 18.1. The number of furan rings is 1. The summed E-state index contributed by atoms with van der Waals surface area (Å²) in [6, 6.07) is 25.5. The van der Waals surface area contributed by atoms with E-state index in [0.717, 1.165) is 11.1 Å². The molecule has 1 heterocycles. The van der Waals surface area contributed by atoms with Gasteiger partial charge in [0.15, 0.2) is 0 Å². The molecule has 0 bridgehead atoms. The number of sulfonamides is 1. The molecule has 0 aliphatic rings. The summed E-state index contributed by atoms with van der Waals surface area (Å²) >= 11 is 0. The van der Waals surface area contributed by atoms with Crippen molar-refractivity contribution in [2.24, 2.45) is 4.99 Å². The monoisotopic (exact) mass is 462 g/mol. The van der Waals surface area contributed by atoms with E-state index in [2.05, 4.69) is 4.99 Å². The molecule has 0 saturated carbocycles. The predicted molar refractivity (Wildman–Crippen MR) is 126 cm³/mol.